The molecule has 0 aliphatic rings. The molecule has 0 saturated heterocycles. The smallest absolute Gasteiger partial charge is 0.170 e. The van der Waals surface area contributed by atoms with Gasteiger partial charge < -0.3 is 15.8 Å². The van der Waals surface area contributed by atoms with Crippen molar-refractivity contribution in [1.82, 2.24) is 0 Å². The number of hydrogen-bond donors (Lipinski definition) is 2. The lowest BCUT2D eigenvalue weighted by Crippen LogP contribution is -2.17. The highest BCUT2D eigenvalue weighted by atomic mass is 19.1. The molecule has 0 unspecified atom stereocenters. The third-order valence-electron chi connectivity index (χ3n) is 3.02. The van der Waals surface area contributed by atoms with Gasteiger partial charge in [-0.25, -0.2) is 4.39 Å². The molecule has 0 aliphatic carbocycles. The Kier molecular flexibility index (Phi) is 4.20. The number of halogens is 1. The quantitative estimate of drug-likeness (QED) is 0.389. The van der Waals surface area contributed by atoms with Crippen LogP contribution in [0.25, 0.3) is 0 Å². The van der Waals surface area contributed by atoms with Gasteiger partial charge in [-0.1, -0.05) is 11.2 Å². The van der Waals surface area contributed by atoms with Crippen LogP contribution >= 0.6 is 0 Å². The molecule has 0 bridgehead atoms. The van der Waals surface area contributed by atoms with Gasteiger partial charge in [0.1, 0.15) is 5.82 Å². The third-order valence-corrected chi connectivity index (χ3v) is 3.02. The van der Waals surface area contributed by atoms with E-state index in [1.807, 2.05) is 30.0 Å². The second-order valence-corrected chi connectivity index (χ2v) is 4.26. The Hall–Kier alpha value is -2.56. The summed E-state index contributed by atoms with van der Waals surface area (Å²) in [6.45, 7) is 2.69. The van der Waals surface area contributed by atoms with Gasteiger partial charge in [-0.15, -0.1) is 0 Å². The molecular formula is C15H16FN3O. The molecule has 3 N–H and O–H groups in total. The summed E-state index contributed by atoms with van der Waals surface area (Å²) in [4.78, 5) is 1.97. The number of nitrogens with zero attached hydrogens (tertiary/aromatic N) is 2. The molecule has 2 aromatic rings. The van der Waals surface area contributed by atoms with Crippen LogP contribution in [-0.2, 0) is 0 Å². The summed E-state index contributed by atoms with van der Waals surface area (Å²) in [5.74, 6) is -0.209. The minimum absolute atomic E-state index is 0.0605. The predicted octanol–water partition coefficient (Wildman–Crippen LogP) is 3.08. The molecule has 0 atom stereocenters. The SMILES string of the molecule is CCN(c1ccc(C(N)=NO)cc1)c1cccc(F)c1. The largest absolute Gasteiger partial charge is 0.409 e. The number of rotatable bonds is 4. The monoisotopic (exact) mass is 273 g/mol. The van der Waals surface area contributed by atoms with E-state index in [1.54, 1.807) is 18.2 Å². The van der Waals surface area contributed by atoms with Crippen LogP contribution in [0.4, 0.5) is 15.8 Å². The molecule has 0 amide bonds. The highest BCUT2D eigenvalue weighted by Gasteiger charge is 2.08. The van der Waals surface area contributed by atoms with E-state index in [0.29, 0.717) is 12.1 Å². The van der Waals surface area contributed by atoms with E-state index < -0.39 is 0 Å². The first kappa shape index (κ1) is 13.9. The summed E-state index contributed by atoms with van der Waals surface area (Å²) in [6, 6.07) is 13.6. The van der Waals surface area contributed by atoms with Gasteiger partial charge in [0.25, 0.3) is 0 Å². The summed E-state index contributed by atoms with van der Waals surface area (Å²) >= 11 is 0. The minimum Gasteiger partial charge on any atom is -0.409 e. The lowest BCUT2D eigenvalue weighted by Gasteiger charge is -2.23. The molecule has 5 heteroatoms. The first-order valence-electron chi connectivity index (χ1n) is 6.26. The fourth-order valence-corrected chi connectivity index (χ4v) is 2.03. The fourth-order valence-electron chi connectivity index (χ4n) is 2.03. The maximum atomic E-state index is 13.3. The molecule has 0 heterocycles. The zero-order valence-electron chi connectivity index (χ0n) is 11.1. The first-order valence-corrected chi connectivity index (χ1v) is 6.26. The molecule has 0 saturated carbocycles. The summed E-state index contributed by atoms with van der Waals surface area (Å²) in [5.41, 5.74) is 7.84. The van der Waals surface area contributed by atoms with Gasteiger partial charge in [0.15, 0.2) is 5.84 Å². The molecule has 4 nitrogen and oxygen atoms in total. The molecule has 0 aliphatic heterocycles. The number of anilines is 2. The number of oxime groups is 1. The number of benzene rings is 2. The minimum atomic E-state index is -0.269. The maximum absolute atomic E-state index is 13.3. The Morgan fingerprint density at radius 2 is 1.90 bits per heavy atom. The van der Waals surface area contributed by atoms with E-state index in [0.717, 1.165) is 11.4 Å². The molecule has 2 rings (SSSR count). The predicted molar refractivity (Wildman–Crippen MR) is 78.0 cm³/mol. The van der Waals surface area contributed by atoms with Crippen LogP contribution in [0.3, 0.4) is 0 Å². The summed E-state index contributed by atoms with van der Waals surface area (Å²) in [6.07, 6.45) is 0. The lowest BCUT2D eigenvalue weighted by molar-refractivity contribution is 0.318. The second-order valence-electron chi connectivity index (χ2n) is 4.26. The normalized spacial score (nSPS) is 11.4. The van der Waals surface area contributed by atoms with Crippen molar-refractivity contribution < 1.29 is 9.60 Å². The molecule has 0 fully saturated rings. The van der Waals surface area contributed by atoms with Crippen molar-refractivity contribution in [3.05, 3.63) is 59.9 Å². The van der Waals surface area contributed by atoms with E-state index in [2.05, 4.69) is 5.16 Å². The van der Waals surface area contributed by atoms with E-state index in [1.165, 1.54) is 12.1 Å². The number of nitrogens with two attached hydrogens (primary N) is 1. The molecular weight excluding hydrogens is 257 g/mol. The highest BCUT2D eigenvalue weighted by Crippen LogP contribution is 2.25. The molecule has 0 spiro atoms. The summed E-state index contributed by atoms with van der Waals surface area (Å²) in [5, 5.41) is 11.6. The first-order chi connectivity index (χ1) is 9.65. The molecule has 104 valence electrons. The van der Waals surface area contributed by atoms with E-state index in [9.17, 15) is 4.39 Å². The highest BCUT2D eigenvalue weighted by molar-refractivity contribution is 5.97. The Morgan fingerprint density at radius 3 is 2.45 bits per heavy atom. The zero-order valence-corrected chi connectivity index (χ0v) is 11.1. The van der Waals surface area contributed by atoms with Crippen LogP contribution in [0.1, 0.15) is 12.5 Å². The van der Waals surface area contributed by atoms with E-state index in [4.69, 9.17) is 10.9 Å². The van der Waals surface area contributed by atoms with Crippen LogP contribution in [0.2, 0.25) is 0 Å². The van der Waals surface area contributed by atoms with Crippen LogP contribution in [0.5, 0.6) is 0 Å². The molecule has 0 aromatic heterocycles. The van der Waals surface area contributed by atoms with Crippen molar-refractivity contribution in [1.29, 1.82) is 0 Å². The van der Waals surface area contributed by atoms with Crippen LogP contribution in [-0.4, -0.2) is 17.6 Å². The van der Waals surface area contributed by atoms with Gasteiger partial charge >= 0.3 is 0 Å². The average Bonchev–Trinajstić information content (AvgIpc) is 2.48. The Morgan fingerprint density at radius 1 is 1.20 bits per heavy atom. The van der Waals surface area contributed by atoms with Crippen molar-refractivity contribution in [3.8, 4) is 0 Å². The van der Waals surface area contributed by atoms with Crippen molar-refractivity contribution in [2.45, 2.75) is 6.92 Å². The lowest BCUT2D eigenvalue weighted by atomic mass is 10.1. The Balaban J connectivity index is 2.33. The van der Waals surface area contributed by atoms with Gasteiger partial charge in [-0.05, 0) is 49.4 Å². The average molecular weight is 273 g/mol. The second kappa shape index (κ2) is 6.06. The molecule has 2 aromatic carbocycles. The summed E-state index contributed by atoms with van der Waals surface area (Å²) in [7, 11) is 0. The van der Waals surface area contributed by atoms with E-state index in [-0.39, 0.29) is 11.7 Å². The summed E-state index contributed by atoms with van der Waals surface area (Å²) < 4.78 is 13.3. The van der Waals surface area contributed by atoms with Gasteiger partial charge in [-0.2, -0.15) is 0 Å². The Bertz CT molecular complexity index is 611. The third kappa shape index (κ3) is 2.88. The number of hydrogen-bond acceptors (Lipinski definition) is 3. The van der Waals surface area contributed by atoms with Crippen molar-refractivity contribution >= 4 is 17.2 Å². The van der Waals surface area contributed by atoms with Gasteiger partial charge in [0, 0.05) is 23.5 Å². The van der Waals surface area contributed by atoms with Crippen LogP contribution in [0.15, 0.2) is 53.7 Å². The van der Waals surface area contributed by atoms with Crippen molar-refractivity contribution in [2.75, 3.05) is 11.4 Å². The van der Waals surface area contributed by atoms with Crippen LogP contribution in [0, 0.1) is 5.82 Å². The van der Waals surface area contributed by atoms with Crippen molar-refractivity contribution in [3.63, 3.8) is 0 Å². The maximum Gasteiger partial charge on any atom is 0.170 e. The molecule has 20 heavy (non-hydrogen) atoms. The van der Waals surface area contributed by atoms with Crippen molar-refractivity contribution in [2.24, 2.45) is 10.9 Å². The Labute approximate surface area is 116 Å². The topological polar surface area (TPSA) is 61.8 Å². The fraction of sp³-hybridized carbons (Fsp3) is 0.133. The van der Waals surface area contributed by atoms with Crippen LogP contribution < -0.4 is 10.6 Å². The standard InChI is InChI=1S/C15H16FN3O/c1-2-19(14-5-3-4-12(16)10-14)13-8-6-11(7-9-13)15(17)18-20/h3-10,20H,2H2,1H3,(H2,17,18). The van der Waals surface area contributed by atoms with Gasteiger partial charge in [0.2, 0.25) is 0 Å². The van der Waals surface area contributed by atoms with Gasteiger partial charge in [-0.3, -0.25) is 0 Å². The van der Waals surface area contributed by atoms with E-state index >= 15 is 0 Å². The molecule has 0 radical (unpaired) electrons. The number of amidine groups is 1. The zero-order chi connectivity index (χ0) is 14.5. The van der Waals surface area contributed by atoms with Gasteiger partial charge in [0.05, 0.1) is 0 Å².